The van der Waals surface area contributed by atoms with Crippen LogP contribution in [0.2, 0.25) is 0 Å². The van der Waals surface area contributed by atoms with Crippen molar-refractivity contribution in [2.75, 3.05) is 0 Å². The van der Waals surface area contributed by atoms with Crippen LogP contribution in [-0.2, 0) is 19.1 Å². The number of hydrogen-bond donors (Lipinski definition) is 1. The average Bonchev–Trinajstić information content (AvgIpc) is 2.78. The fraction of sp³-hybridized carbons (Fsp3) is 0.867. The molecule has 3 atom stereocenters. The molecule has 5 aliphatic carbocycles. The smallest absolute Gasteiger partial charge is 0.312 e. The lowest BCUT2D eigenvalue weighted by atomic mass is 9.52. The molecule has 0 aromatic rings. The van der Waals surface area contributed by atoms with Gasteiger partial charge in [-0.15, -0.1) is 0 Å². The summed E-state index contributed by atoms with van der Waals surface area (Å²) >= 11 is 0. The number of esters is 2. The second-order valence-electron chi connectivity index (χ2n) is 13.3. The summed E-state index contributed by atoms with van der Waals surface area (Å²) < 4.78 is 11.7. The summed E-state index contributed by atoms with van der Waals surface area (Å²) in [7, 11) is 0. The highest BCUT2D eigenvalue weighted by molar-refractivity contribution is 5.77. The number of rotatable bonds is 7. The molecule has 4 fully saturated rings. The zero-order valence-electron chi connectivity index (χ0n) is 23.4. The van der Waals surface area contributed by atoms with Crippen molar-refractivity contribution in [1.29, 1.82) is 0 Å². The van der Waals surface area contributed by atoms with Crippen molar-refractivity contribution in [2.45, 2.75) is 142 Å². The van der Waals surface area contributed by atoms with Crippen LogP contribution in [0.25, 0.3) is 0 Å². The van der Waals surface area contributed by atoms with Gasteiger partial charge in [-0.3, -0.25) is 9.59 Å². The molecule has 1 N–H and O–H groups in total. The van der Waals surface area contributed by atoms with Gasteiger partial charge in [0.25, 0.3) is 0 Å². The highest BCUT2D eigenvalue weighted by Gasteiger charge is 2.59. The quantitative estimate of drug-likeness (QED) is 0.310. The molecule has 5 rings (SSSR count). The summed E-state index contributed by atoms with van der Waals surface area (Å²) in [5.41, 5.74) is -2.02. The Hall–Kier alpha value is -1.36. The van der Waals surface area contributed by atoms with Gasteiger partial charge in [0.05, 0.1) is 16.4 Å². The van der Waals surface area contributed by atoms with Crippen molar-refractivity contribution in [2.24, 2.45) is 22.7 Å². The van der Waals surface area contributed by atoms with Gasteiger partial charge in [0.1, 0.15) is 11.2 Å². The summed E-state index contributed by atoms with van der Waals surface area (Å²) in [5, 5.41) is 10.6. The Morgan fingerprint density at radius 3 is 1.89 bits per heavy atom. The summed E-state index contributed by atoms with van der Waals surface area (Å²) in [6.07, 6.45) is 15.5. The Bertz CT molecular complexity index is 796. The predicted molar refractivity (Wildman–Crippen MR) is 139 cm³/mol. The molecule has 5 aliphatic rings. The van der Waals surface area contributed by atoms with E-state index >= 15 is 0 Å². The second-order valence-corrected chi connectivity index (χ2v) is 13.3. The Labute approximate surface area is 213 Å². The standard InChI is InChI=1S/C16H26O3.C14H24O2/c1-4-14(2,3)13(17)19-16-8-11-5-12(9-16)7-15(18,6-11)10-16;1-5-13(3,4)12(15)16-14(6-2)10-8-7-9-11-14/h11-12,18H,4-10H2,1-3H3;8,10H,5-7,9,11H2,1-4H3. The van der Waals surface area contributed by atoms with E-state index in [9.17, 15) is 14.7 Å². The third-order valence-electron chi connectivity index (χ3n) is 9.45. The fourth-order valence-electron chi connectivity index (χ4n) is 6.55. The summed E-state index contributed by atoms with van der Waals surface area (Å²) in [6, 6.07) is 0. The van der Waals surface area contributed by atoms with Gasteiger partial charge in [0, 0.05) is 6.42 Å². The van der Waals surface area contributed by atoms with Gasteiger partial charge in [-0.25, -0.2) is 0 Å². The third-order valence-corrected chi connectivity index (χ3v) is 9.45. The van der Waals surface area contributed by atoms with Crippen LogP contribution in [0.4, 0.5) is 0 Å². The minimum atomic E-state index is -0.555. The largest absolute Gasteiger partial charge is 0.459 e. The van der Waals surface area contributed by atoms with E-state index < -0.39 is 11.0 Å². The molecule has 5 nitrogen and oxygen atoms in total. The van der Waals surface area contributed by atoms with Crippen molar-refractivity contribution < 1.29 is 24.2 Å². The molecule has 4 bridgehead atoms. The zero-order chi connectivity index (χ0) is 26.1. The highest BCUT2D eigenvalue weighted by atomic mass is 16.6. The van der Waals surface area contributed by atoms with Gasteiger partial charge in [-0.1, -0.05) is 26.8 Å². The molecule has 0 saturated heterocycles. The van der Waals surface area contributed by atoms with E-state index in [1.807, 2.05) is 41.5 Å². The molecule has 4 saturated carbocycles. The lowest BCUT2D eigenvalue weighted by molar-refractivity contribution is -0.225. The first kappa shape index (κ1) is 28.2. The molecule has 200 valence electrons. The first-order valence-electron chi connectivity index (χ1n) is 14.1. The Kier molecular flexibility index (Phi) is 8.21. The Morgan fingerprint density at radius 1 is 0.914 bits per heavy atom. The molecule has 0 radical (unpaired) electrons. The molecule has 0 aromatic carbocycles. The second kappa shape index (κ2) is 10.2. The van der Waals surface area contributed by atoms with Crippen LogP contribution in [0, 0.1) is 22.7 Å². The van der Waals surface area contributed by atoms with Crippen molar-refractivity contribution in [1.82, 2.24) is 0 Å². The van der Waals surface area contributed by atoms with Crippen LogP contribution >= 0.6 is 0 Å². The van der Waals surface area contributed by atoms with E-state index in [1.54, 1.807) is 0 Å². The number of ether oxygens (including phenoxy) is 2. The Balaban J connectivity index is 0.000000199. The van der Waals surface area contributed by atoms with Crippen LogP contribution < -0.4 is 0 Å². The monoisotopic (exact) mass is 490 g/mol. The van der Waals surface area contributed by atoms with Crippen LogP contribution in [0.1, 0.15) is 126 Å². The molecule has 0 amide bonds. The molecule has 5 heteroatoms. The number of carbonyl (C=O) groups excluding carboxylic acids is 2. The normalized spacial score (nSPS) is 35.8. The molecule has 0 aromatic heterocycles. The topological polar surface area (TPSA) is 72.8 Å². The molecule has 3 unspecified atom stereocenters. The number of aliphatic hydroxyl groups is 1. The van der Waals surface area contributed by atoms with Gasteiger partial charge >= 0.3 is 11.9 Å². The number of hydrogen-bond acceptors (Lipinski definition) is 5. The first-order valence-corrected chi connectivity index (χ1v) is 14.1. The molecular weight excluding hydrogens is 440 g/mol. The van der Waals surface area contributed by atoms with Crippen LogP contribution in [0.15, 0.2) is 12.2 Å². The van der Waals surface area contributed by atoms with Crippen LogP contribution in [0.5, 0.6) is 0 Å². The van der Waals surface area contributed by atoms with Gasteiger partial charge in [0.2, 0.25) is 0 Å². The van der Waals surface area contributed by atoms with Crippen molar-refractivity contribution in [3.05, 3.63) is 12.2 Å². The average molecular weight is 491 g/mol. The zero-order valence-corrected chi connectivity index (χ0v) is 23.4. The highest BCUT2D eigenvalue weighted by Crippen LogP contribution is 2.59. The number of carbonyl (C=O) groups is 2. The van der Waals surface area contributed by atoms with Gasteiger partial charge < -0.3 is 14.6 Å². The van der Waals surface area contributed by atoms with E-state index in [-0.39, 0.29) is 28.6 Å². The minimum Gasteiger partial charge on any atom is -0.459 e. The van der Waals surface area contributed by atoms with Gasteiger partial charge in [0.15, 0.2) is 0 Å². The van der Waals surface area contributed by atoms with Crippen molar-refractivity contribution in [3.8, 4) is 0 Å². The summed E-state index contributed by atoms with van der Waals surface area (Å²) in [4.78, 5) is 24.5. The first-order chi connectivity index (χ1) is 16.2. The van der Waals surface area contributed by atoms with E-state index in [2.05, 4.69) is 19.1 Å². The van der Waals surface area contributed by atoms with Crippen LogP contribution in [0.3, 0.4) is 0 Å². The fourth-order valence-corrected chi connectivity index (χ4v) is 6.55. The molecule has 35 heavy (non-hydrogen) atoms. The van der Waals surface area contributed by atoms with Gasteiger partial charge in [-0.05, 0) is 116 Å². The van der Waals surface area contributed by atoms with E-state index in [1.165, 1.54) is 6.42 Å². The maximum atomic E-state index is 12.4. The Morgan fingerprint density at radius 2 is 1.46 bits per heavy atom. The predicted octanol–water partition coefficient (Wildman–Crippen LogP) is 6.90. The van der Waals surface area contributed by atoms with Crippen LogP contribution in [-0.4, -0.2) is 33.8 Å². The number of allylic oxidation sites excluding steroid dienone is 1. The van der Waals surface area contributed by atoms with Crippen molar-refractivity contribution >= 4 is 11.9 Å². The lowest BCUT2D eigenvalue weighted by Crippen LogP contribution is -2.61. The molecule has 0 spiro atoms. The summed E-state index contributed by atoms with van der Waals surface area (Å²) in [6.45, 7) is 13.9. The van der Waals surface area contributed by atoms with Gasteiger partial charge in [-0.2, -0.15) is 0 Å². The lowest BCUT2D eigenvalue weighted by Gasteiger charge is -2.59. The molecule has 0 aliphatic heterocycles. The summed E-state index contributed by atoms with van der Waals surface area (Å²) in [5.74, 6) is 0.969. The minimum absolute atomic E-state index is 0.0663. The SMILES string of the molecule is CCC(C)(C)C(=O)OC12CC3CC(CC(O)(C3)C1)C2.CCC1(OC(=O)C(C)(C)CC)C=CCCC1. The maximum Gasteiger partial charge on any atom is 0.312 e. The van der Waals surface area contributed by atoms with Crippen molar-refractivity contribution in [3.63, 3.8) is 0 Å². The third kappa shape index (κ3) is 6.32. The maximum absolute atomic E-state index is 12.4. The van der Waals surface area contributed by atoms with E-state index in [0.29, 0.717) is 18.3 Å². The molecule has 0 heterocycles. The van der Waals surface area contributed by atoms with E-state index in [4.69, 9.17) is 9.47 Å². The van der Waals surface area contributed by atoms with E-state index in [0.717, 1.165) is 64.2 Å². The molecular formula is C30H50O5.